The van der Waals surface area contributed by atoms with E-state index in [0.29, 0.717) is 17.9 Å². The Morgan fingerprint density at radius 3 is 1.86 bits per heavy atom. The molecule has 0 spiro atoms. The van der Waals surface area contributed by atoms with Gasteiger partial charge in [-0.25, -0.2) is 4.79 Å². The number of hydrogen-bond acceptors (Lipinski definition) is 5. The summed E-state index contributed by atoms with van der Waals surface area (Å²) in [5.74, 6) is -0.656. The topological polar surface area (TPSA) is 78.6 Å². The lowest BCUT2D eigenvalue weighted by Gasteiger charge is -2.21. The van der Waals surface area contributed by atoms with Gasteiger partial charge in [0.1, 0.15) is 19.0 Å². The number of hydrogen-bond donors (Lipinski definition) is 1. The number of nitrogens with two attached hydrogens (primary N) is 1. The first kappa shape index (κ1) is 20.3. The number of Topliss-reactive ketones (excluding diaryl/α,β-unsaturated/α-hetero) is 1. The Morgan fingerprint density at radius 1 is 0.793 bits per heavy atom. The number of rotatable bonds is 8. The van der Waals surface area contributed by atoms with E-state index in [-0.39, 0.29) is 6.61 Å². The van der Waals surface area contributed by atoms with Gasteiger partial charge in [-0.2, -0.15) is 0 Å². The second kappa shape index (κ2) is 9.17. The summed E-state index contributed by atoms with van der Waals surface area (Å²) in [6.07, 6.45) is 0. The summed E-state index contributed by atoms with van der Waals surface area (Å²) in [5, 5.41) is 0. The summed E-state index contributed by atoms with van der Waals surface area (Å²) < 4.78 is 11.0. The SMILES string of the molecule is C[C@](N)(C(=O)OCc1ccccc1)C(=O)c1ccc(OCc2ccccc2)cc1. The van der Waals surface area contributed by atoms with Crippen LogP contribution in [0, 0.1) is 0 Å². The third kappa shape index (κ3) is 5.30. The van der Waals surface area contributed by atoms with Gasteiger partial charge in [0.05, 0.1) is 0 Å². The maximum Gasteiger partial charge on any atom is 0.334 e. The van der Waals surface area contributed by atoms with E-state index in [0.717, 1.165) is 11.1 Å². The predicted molar refractivity (Wildman–Crippen MR) is 110 cm³/mol. The van der Waals surface area contributed by atoms with Crippen molar-refractivity contribution in [2.75, 3.05) is 0 Å². The highest BCUT2D eigenvalue weighted by atomic mass is 16.5. The minimum atomic E-state index is -1.78. The molecule has 0 aliphatic carbocycles. The average molecular weight is 389 g/mol. The van der Waals surface area contributed by atoms with Crippen molar-refractivity contribution in [1.29, 1.82) is 0 Å². The summed E-state index contributed by atoms with van der Waals surface area (Å²) in [4.78, 5) is 25.1. The van der Waals surface area contributed by atoms with Crippen LogP contribution in [0.3, 0.4) is 0 Å². The highest BCUT2D eigenvalue weighted by Crippen LogP contribution is 2.19. The van der Waals surface area contributed by atoms with Gasteiger partial charge in [0.15, 0.2) is 11.3 Å². The van der Waals surface area contributed by atoms with Crippen molar-refractivity contribution in [2.45, 2.75) is 25.7 Å². The van der Waals surface area contributed by atoms with Crippen molar-refractivity contribution >= 4 is 11.8 Å². The predicted octanol–water partition coefficient (Wildman–Crippen LogP) is 3.91. The molecule has 5 heteroatoms. The number of esters is 1. The molecular weight excluding hydrogens is 366 g/mol. The third-order valence-corrected chi connectivity index (χ3v) is 4.47. The highest BCUT2D eigenvalue weighted by Gasteiger charge is 2.39. The number of benzene rings is 3. The largest absolute Gasteiger partial charge is 0.489 e. The molecule has 0 heterocycles. The Balaban J connectivity index is 1.59. The number of carbonyl (C=O) groups excluding carboxylic acids is 2. The standard InChI is InChI=1S/C24H23NO4/c1-24(25,23(27)29-17-19-10-6-3-7-11-19)22(26)20-12-14-21(15-13-20)28-16-18-8-4-2-5-9-18/h2-15H,16-17,25H2,1H3/t24-/m1/s1. The second-order valence-corrected chi connectivity index (χ2v) is 6.89. The maximum atomic E-state index is 12.7. The molecule has 0 saturated heterocycles. The second-order valence-electron chi connectivity index (χ2n) is 6.89. The fourth-order valence-electron chi connectivity index (χ4n) is 2.71. The molecule has 148 valence electrons. The zero-order valence-electron chi connectivity index (χ0n) is 16.2. The van der Waals surface area contributed by atoms with Crippen LogP contribution in [0.4, 0.5) is 0 Å². The minimum absolute atomic E-state index is 0.0615. The van der Waals surface area contributed by atoms with Crippen molar-refractivity contribution in [3.8, 4) is 5.75 Å². The first-order valence-corrected chi connectivity index (χ1v) is 9.28. The molecule has 2 N–H and O–H groups in total. The average Bonchev–Trinajstić information content (AvgIpc) is 2.77. The van der Waals surface area contributed by atoms with E-state index in [1.165, 1.54) is 6.92 Å². The van der Waals surface area contributed by atoms with E-state index in [1.54, 1.807) is 24.3 Å². The van der Waals surface area contributed by atoms with Gasteiger partial charge in [-0.3, -0.25) is 4.79 Å². The molecular formula is C24H23NO4. The molecule has 0 bridgehead atoms. The summed E-state index contributed by atoms with van der Waals surface area (Å²) in [5.41, 5.74) is 6.43. The van der Waals surface area contributed by atoms with Gasteiger partial charge in [0, 0.05) is 5.56 Å². The van der Waals surface area contributed by atoms with Crippen LogP contribution in [-0.2, 0) is 22.7 Å². The first-order valence-electron chi connectivity index (χ1n) is 9.28. The summed E-state index contributed by atoms with van der Waals surface area (Å²) in [6, 6.07) is 25.5. The summed E-state index contributed by atoms with van der Waals surface area (Å²) in [7, 11) is 0. The summed E-state index contributed by atoms with van der Waals surface area (Å²) >= 11 is 0. The van der Waals surface area contributed by atoms with Crippen LogP contribution in [0.5, 0.6) is 5.75 Å². The molecule has 3 aromatic carbocycles. The van der Waals surface area contributed by atoms with Crippen LogP contribution in [-0.4, -0.2) is 17.3 Å². The smallest absolute Gasteiger partial charge is 0.334 e. The van der Waals surface area contributed by atoms with E-state index < -0.39 is 17.3 Å². The molecule has 0 fully saturated rings. The number of carbonyl (C=O) groups is 2. The van der Waals surface area contributed by atoms with Gasteiger partial charge in [-0.05, 0) is 42.3 Å². The molecule has 5 nitrogen and oxygen atoms in total. The summed E-state index contributed by atoms with van der Waals surface area (Å²) in [6.45, 7) is 1.85. The van der Waals surface area contributed by atoms with Crippen molar-refractivity contribution < 1.29 is 19.1 Å². The van der Waals surface area contributed by atoms with E-state index in [1.807, 2.05) is 60.7 Å². The van der Waals surface area contributed by atoms with Gasteiger partial charge >= 0.3 is 5.97 Å². The van der Waals surface area contributed by atoms with Gasteiger partial charge in [-0.1, -0.05) is 60.7 Å². The highest BCUT2D eigenvalue weighted by molar-refractivity contribution is 6.15. The zero-order chi connectivity index (χ0) is 20.7. The molecule has 0 saturated carbocycles. The molecule has 29 heavy (non-hydrogen) atoms. The molecule has 0 unspecified atom stereocenters. The van der Waals surface area contributed by atoms with E-state index in [2.05, 4.69) is 0 Å². The van der Waals surface area contributed by atoms with Gasteiger partial charge < -0.3 is 15.2 Å². The molecule has 0 aliphatic heterocycles. The van der Waals surface area contributed by atoms with Crippen molar-refractivity contribution in [1.82, 2.24) is 0 Å². The molecule has 0 amide bonds. The Kier molecular flexibility index (Phi) is 6.42. The van der Waals surface area contributed by atoms with Crippen LogP contribution < -0.4 is 10.5 Å². The van der Waals surface area contributed by atoms with E-state index >= 15 is 0 Å². The third-order valence-electron chi connectivity index (χ3n) is 4.47. The van der Waals surface area contributed by atoms with Crippen LogP contribution >= 0.6 is 0 Å². The lowest BCUT2D eigenvalue weighted by Crippen LogP contribution is -2.53. The molecule has 1 atom stereocenters. The Labute approximate surface area is 170 Å². The lowest BCUT2D eigenvalue weighted by molar-refractivity contribution is -0.148. The Hall–Kier alpha value is -3.44. The molecule has 0 aliphatic rings. The zero-order valence-corrected chi connectivity index (χ0v) is 16.2. The number of ether oxygens (including phenoxy) is 2. The van der Waals surface area contributed by atoms with Gasteiger partial charge in [-0.15, -0.1) is 0 Å². The Morgan fingerprint density at radius 2 is 1.31 bits per heavy atom. The molecule has 0 aromatic heterocycles. The molecule has 0 radical (unpaired) electrons. The fourth-order valence-corrected chi connectivity index (χ4v) is 2.71. The fraction of sp³-hybridized carbons (Fsp3) is 0.167. The van der Waals surface area contributed by atoms with Crippen LogP contribution in [0.15, 0.2) is 84.9 Å². The Bertz CT molecular complexity index is 951. The quantitative estimate of drug-likeness (QED) is 0.359. The van der Waals surface area contributed by atoms with Crippen LogP contribution in [0.1, 0.15) is 28.4 Å². The first-order chi connectivity index (χ1) is 14.0. The molecule has 3 rings (SSSR count). The van der Waals surface area contributed by atoms with Gasteiger partial charge in [0.2, 0.25) is 0 Å². The van der Waals surface area contributed by atoms with Crippen molar-refractivity contribution in [2.24, 2.45) is 5.73 Å². The minimum Gasteiger partial charge on any atom is -0.489 e. The van der Waals surface area contributed by atoms with Crippen molar-refractivity contribution in [3.05, 3.63) is 102 Å². The molecule has 3 aromatic rings. The maximum absolute atomic E-state index is 12.7. The monoisotopic (exact) mass is 389 g/mol. The normalized spacial score (nSPS) is 12.6. The number of ketones is 1. The van der Waals surface area contributed by atoms with Crippen LogP contribution in [0.25, 0.3) is 0 Å². The van der Waals surface area contributed by atoms with Gasteiger partial charge in [0.25, 0.3) is 0 Å². The van der Waals surface area contributed by atoms with E-state index in [9.17, 15) is 9.59 Å². The van der Waals surface area contributed by atoms with Crippen molar-refractivity contribution in [3.63, 3.8) is 0 Å². The van der Waals surface area contributed by atoms with E-state index in [4.69, 9.17) is 15.2 Å². The lowest BCUT2D eigenvalue weighted by atomic mass is 9.92. The van der Waals surface area contributed by atoms with Crippen LogP contribution in [0.2, 0.25) is 0 Å².